The molecule has 0 aromatic carbocycles. The summed E-state index contributed by atoms with van der Waals surface area (Å²) in [6, 6.07) is -0.958. The van der Waals surface area contributed by atoms with E-state index < -0.39 is 12.1 Å². The average molecular weight is 196 g/mol. The van der Waals surface area contributed by atoms with Gasteiger partial charge in [-0.05, 0) is 19.3 Å². The fourth-order valence-corrected chi connectivity index (χ4v) is 2.05. The zero-order valence-electron chi connectivity index (χ0n) is 7.71. The number of imide groups is 1. The molecule has 1 saturated heterocycles. The monoisotopic (exact) mass is 196 g/mol. The van der Waals surface area contributed by atoms with E-state index in [4.69, 9.17) is 0 Å². The first-order valence-electron chi connectivity index (χ1n) is 4.81. The lowest BCUT2D eigenvalue weighted by molar-refractivity contribution is -0.122. The number of hydrogen-bond acceptors (Lipinski definition) is 3. The predicted molar refractivity (Wildman–Crippen MR) is 47.4 cm³/mol. The topological polar surface area (TPSA) is 75.3 Å². The average Bonchev–Trinajstić information content (AvgIpc) is 2.62. The van der Waals surface area contributed by atoms with E-state index in [0.29, 0.717) is 12.8 Å². The Morgan fingerprint density at radius 3 is 2.57 bits per heavy atom. The molecule has 14 heavy (non-hydrogen) atoms. The van der Waals surface area contributed by atoms with E-state index >= 15 is 0 Å². The molecule has 1 heterocycles. The Balaban J connectivity index is 1.94. The summed E-state index contributed by atoms with van der Waals surface area (Å²) < 4.78 is 0. The van der Waals surface area contributed by atoms with Gasteiger partial charge in [-0.3, -0.25) is 14.9 Å². The van der Waals surface area contributed by atoms with Gasteiger partial charge >= 0.3 is 6.03 Å². The summed E-state index contributed by atoms with van der Waals surface area (Å²) in [6.45, 7) is 0. The maximum Gasteiger partial charge on any atom is 0.322 e. The smallest absolute Gasteiger partial charge is 0.322 e. The summed E-state index contributed by atoms with van der Waals surface area (Å²) in [4.78, 5) is 33.3. The van der Waals surface area contributed by atoms with Gasteiger partial charge in [-0.15, -0.1) is 0 Å². The van der Waals surface area contributed by atoms with E-state index in [1.54, 1.807) is 0 Å². The van der Waals surface area contributed by atoms with E-state index in [1.165, 1.54) is 0 Å². The number of carbonyl (C=O) groups is 3. The Bertz CT molecular complexity index is 300. The van der Waals surface area contributed by atoms with Gasteiger partial charge < -0.3 is 5.32 Å². The summed E-state index contributed by atoms with van der Waals surface area (Å²) in [5.74, 6) is -0.127. The van der Waals surface area contributed by atoms with Gasteiger partial charge in [-0.25, -0.2) is 4.79 Å². The highest BCUT2D eigenvalue weighted by atomic mass is 16.2. The van der Waals surface area contributed by atoms with E-state index in [1.807, 2.05) is 0 Å². The molecule has 0 radical (unpaired) electrons. The molecule has 0 aromatic rings. The maximum absolute atomic E-state index is 11.3. The molecule has 0 bridgehead atoms. The van der Waals surface area contributed by atoms with Crippen LogP contribution in [0.3, 0.4) is 0 Å². The lowest BCUT2D eigenvalue weighted by atomic mass is 9.98. The Morgan fingerprint density at radius 2 is 2.07 bits per heavy atom. The molecule has 0 spiro atoms. The summed E-state index contributed by atoms with van der Waals surface area (Å²) in [6.07, 6.45) is 2.83. The van der Waals surface area contributed by atoms with Gasteiger partial charge in [0.2, 0.25) is 0 Å². The molecule has 1 saturated carbocycles. The van der Waals surface area contributed by atoms with Crippen LogP contribution in [0.25, 0.3) is 0 Å². The molecule has 2 fully saturated rings. The molecular weight excluding hydrogens is 184 g/mol. The minimum absolute atomic E-state index is 0.0378. The highest BCUT2D eigenvalue weighted by Gasteiger charge is 2.35. The Kier molecular flexibility index (Phi) is 2.23. The molecule has 2 rings (SSSR count). The van der Waals surface area contributed by atoms with E-state index in [9.17, 15) is 14.4 Å². The third kappa shape index (κ3) is 1.62. The summed E-state index contributed by atoms with van der Waals surface area (Å²) in [7, 11) is 0. The number of rotatable bonds is 2. The molecule has 1 aliphatic heterocycles. The number of urea groups is 1. The quantitative estimate of drug-likeness (QED) is 0.608. The van der Waals surface area contributed by atoms with Gasteiger partial charge in [0.15, 0.2) is 0 Å². The van der Waals surface area contributed by atoms with Crippen molar-refractivity contribution in [2.45, 2.75) is 31.7 Å². The van der Waals surface area contributed by atoms with Gasteiger partial charge in [0.05, 0.1) is 0 Å². The second kappa shape index (κ2) is 3.40. The maximum atomic E-state index is 11.3. The van der Waals surface area contributed by atoms with Crippen molar-refractivity contribution in [1.82, 2.24) is 10.6 Å². The zero-order valence-corrected chi connectivity index (χ0v) is 7.71. The van der Waals surface area contributed by atoms with Crippen LogP contribution in [0.2, 0.25) is 0 Å². The van der Waals surface area contributed by atoms with Gasteiger partial charge in [0.25, 0.3) is 5.91 Å². The fraction of sp³-hybridized carbons (Fsp3) is 0.667. The number of carbonyl (C=O) groups excluding carboxylic acids is 3. The standard InChI is InChI=1S/C9H12N2O3/c12-7-3-1-2-5(7)4-6-8(13)11-9(14)10-6/h5-6H,1-4H2,(H2,10,11,13,14). The van der Waals surface area contributed by atoms with Crippen molar-refractivity contribution in [3.63, 3.8) is 0 Å². The lowest BCUT2D eigenvalue weighted by Crippen LogP contribution is -2.32. The Hall–Kier alpha value is -1.39. The molecule has 2 N–H and O–H groups in total. The highest BCUT2D eigenvalue weighted by molar-refractivity contribution is 6.04. The van der Waals surface area contributed by atoms with Gasteiger partial charge in [-0.1, -0.05) is 0 Å². The first-order chi connectivity index (χ1) is 6.66. The van der Waals surface area contributed by atoms with Crippen molar-refractivity contribution in [3.8, 4) is 0 Å². The molecule has 3 amide bonds. The predicted octanol–water partition coefficient (Wildman–Crippen LogP) is -0.0463. The highest BCUT2D eigenvalue weighted by Crippen LogP contribution is 2.25. The van der Waals surface area contributed by atoms with Crippen LogP contribution in [0, 0.1) is 5.92 Å². The van der Waals surface area contributed by atoms with Crippen molar-refractivity contribution >= 4 is 17.7 Å². The minimum atomic E-state index is -0.505. The molecule has 0 aromatic heterocycles. The number of amides is 3. The van der Waals surface area contributed by atoms with Crippen LogP contribution < -0.4 is 10.6 Å². The van der Waals surface area contributed by atoms with Crippen molar-refractivity contribution < 1.29 is 14.4 Å². The number of hydrogen-bond donors (Lipinski definition) is 2. The van der Waals surface area contributed by atoms with E-state index in [-0.39, 0.29) is 17.6 Å². The second-order valence-corrected chi connectivity index (χ2v) is 3.81. The van der Waals surface area contributed by atoms with E-state index in [0.717, 1.165) is 12.8 Å². The van der Waals surface area contributed by atoms with Crippen LogP contribution in [0.1, 0.15) is 25.7 Å². The lowest BCUT2D eigenvalue weighted by Gasteiger charge is -2.11. The number of ketones is 1. The van der Waals surface area contributed by atoms with Crippen LogP contribution >= 0.6 is 0 Å². The normalized spacial score (nSPS) is 31.9. The van der Waals surface area contributed by atoms with Crippen LogP contribution in [0.15, 0.2) is 0 Å². The zero-order chi connectivity index (χ0) is 10.1. The largest absolute Gasteiger partial charge is 0.326 e. The van der Waals surface area contributed by atoms with Crippen molar-refractivity contribution in [2.24, 2.45) is 5.92 Å². The Morgan fingerprint density at radius 1 is 1.29 bits per heavy atom. The molecule has 2 atom stereocenters. The van der Waals surface area contributed by atoms with Crippen molar-refractivity contribution in [1.29, 1.82) is 0 Å². The van der Waals surface area contributed by atoms with Crippen molar-refractivity contribution in [2.75, 3.05) is 0 Å². The van der Waals surface area contributed by atoms with Crippen LogP contribution in [-0.2, 0) is 9.59 Å². The summed E-state index contributed by atoms with van der Waals surface area (Å²) in [5.41, 5.74) is 0. The van der Waals surface area contributed by atoms with Crippen molar-refractivity contribution in [3.05, 3.63) is 0 Å². The first-order valence-corrected chi connectivity index (χ1v) is 4.81. The molecule has 2 aliphatic rings. The van der Waals surface area contributed by atoms with Gasteiger partial charge in [0, 0.05) is 12.3 Å². The fourth-order valence-electron chi connectivity index (χ4n) is 2.05. The van der Waals surface area contributed by atoms with Crippen LogP contribution in [0.5, 0.6) is 0 Å². The molecule has 76 valence electrons. The third-order valence-corrected chi connectivity index (χ3v) is 2.81. The molecular formula is C9H12N2O3. The minimum Gasteiger partial charge on any atom is -0.326 e. The number of nitrogens with one attached hydrogen (secondary N) is 2. The van der Waals surface area contributed by atoms with Crippen LogP contribution in [-0.4, -0.2) is 23.8 Å². The second-order valence-electron chi connectivity index (χ2n) is 3.81. The SMILES string of the molecule is O=C1NC(=O)C(CC2CCCC2=O)N1. The summed E-state index contributed by atoms with van der Waals surface area (Å²) >= 11 is 0. The first kappa shape index (κ1) is 9.18. The van der Waals surface area contributed by atoms with E-state index in [2.05, 4.69) is 10.6 Å². The van der Waals surface area contributed by atoms with Gasteiger partial charge in [0.1, 0.15) is 11.8 Å². The van der Waals surface area contributed by atoms with Crippen LogP contribution in [0.4, 0.5) is 4.79 Å². The third-order valence-electron chi connectivity index (χ3n) is 2.81. The number of Topliss-reactive ketones (excluding diaryl/α,β-unsaturated/α-hetero) is 1. The molecule has 1 aliphatic carbocycles. The summed E-state index contributed by atoms with van der Waals surface area (Å²) in [5, 5.41) is 4.65. The molecule has 2 unspecified atom stereocenters. The Labute approximate surface area is 81.2 Å². The van der Waals surface area contributed by atoms with Gasteiger partial charge in [-0.2, -0.15) is 0 Å². The molecule has 5 nitrogen and oxygen atoms in total. The molecule has 5 heteroatoms.